The van der Waals surface area contributed by atoms with Gasteiger partial charge < -0.3 is 18.9 Å². The van der Waals surface area contributed by atoms with Gasteiger partial charge in [-0.1, -0.05) is 146 Å². The van der Waals surface area contributed by atoms with Gasteiger partial charge in [-0.05, 0) is 70.6 Å². The molecule has 9 nitrogen and oxygen atoms in total. The van der Waals surface area contributed by atoms with Crippen molar-refractivity contribution in [2.75, 3.05) is 47.5 Å². The van der Waals surface area contributed by atoms with Gasteiger partial charge in [0.05, 0.1) is 27.7 Å². The average molecular weight is 811 g/mol. The Morgan fingerprint density at radius 1 is 0.554 bits per heavy atom. The van der Waals surface area contributed by atoms with Crippen LogP contribution in [-0.2, 0) is 32.7 Å². The molecular formula is C46H85NO8P+. The third-order valence-corrected chi connectivity index (χ3v) is 10.3. The SMILES string of the molecule is CCCCCCCC/C=C/C/C=C/C/C=C/CCCC(=O)O[C@H](COC(=O)CCCCCCC/C=C/CCCCCCCC)COP(=O)(O)OCC[N+](C)(C)C. The maximum atomic E-state index is 12.7. The van der Waals surface area contributed by atoms with Crippen LogP contribution in [-0.4, -0.2) is 74.9 Å². The monoisotopic (exact) mass is 811 g/mol. The largest absolute Gasteiger partial charge is 0.472 e. The van der Waals surface area contributed by atoms with Crippen LogP contribution in [0.25, 0.3) is 0 Å². The molecule has 56 heavy (non-hydrogen) atoms. The molecule has 0 amide bonds. The molecule has 326 valence electrons. The molecular weight excluding hydrogens is 725 g/mol. The summed E-state index contributed by atoms with van der Waals surface area (Å²) in [5.41, 5.74) is 0. The zero-order valence-corrected chi connectivity index (χ0v) is 37.5. The van der Waals surface area contributed by atoms with E-state index in [4.69, 9.17) is 18.5 Å². The molecule has 0 aliphatic carbocycles. The summed E-state index contributed by atoms with van der Waals surface area (Å²) in [7, 11) is 1.44. The van der Waals surface area contributed by atoms with Crippen LogP contribution >= 0.6 is 7.82 Å². The van der Waals surface area contributed by atoms with E-state index < -0.39 is 32.5 Å². The number of phosphoric ester groups is 1. The number of phosphoric acid groups is 1. The molecule has 0 aliphatic rings. The van der Waals surface area contributed by atoms with Crippen LogP contribution in [0.4, 0.5) is 0 Å². The van der Waals surface area contributed by atoms with Gasteiger partial charge in [0.2, 0.25) is 0 Å². The first-order valence-electron chi connectivity index (χ1n) is 22.4. The maximum absolute atomic E-state index is 12.7. The molecule has 0 aromatic rings. The number of carbonyl (C=O) groups is 2. The number of nitrogens with zero attached hydrogens (tertiary/aromatic N) is 1. The molecule has 0 heterocycles. The highest BCUT2D eigenvalue weighted by molar-refractivity contribution is 7.47. The first-order chi connectivity index (χ1) is 27.0. The van der Waals surface area contributed by atoms with E-state index in [1.807, 2.05) is 21.1 Å². The molecule has 0 aromatic heterocycles. The normalized spacial score (nSPS) is 14.0. The lowest BCUT2D eigenvalue weighted by atomic mass is 10.1. The van der Waals surface area contributed by atoms with E-state index in [1.165, 1.54) is 83.5 Å². The van der Waals surface area contributed by atoms with E-state index in [2.05, 4.69) is 62.5 Å². The molecule has 0 saturated heterocycles. The maximum Gasteiger partial charge on any atom is 0.472 e. The summed E-state index contributed by atoms with van der Waals surface area (Å²) < 4.78 is 34.2. The quantitative estimate of drug-likeness (QED) is 0.0214. The number of quaternary nitrogens is 1. The Morgan fingerprint density at radius 3 is 1.50 bits per heavy atom. The molecule has 1 unspecified atom stereocenters. The molecule has 0 bridgehead atoms. The Labute approximate surface area is 343 Å². The molecule has 0 aliphatic heterocycles. The van der Waals surface area contributed by atoms with Crippen molar-refractivity contribution in [1.82, 2.24) is 0 Å². The Hall–Kier alpha value is -2.03. The summed E-state index contributed by atoms with van der Waals surface area (Å²) in [6.07, 6.45) is 44.5. The third-order valence-electron chi connectivity index (χ3n) is 9.33. The van der Waals surface area contributed by atoms with Gasteiger partial charge >= 0.3 is 19.8 Å². The fraction of sp³-hybridized carbons (Fsp3) is 0.783. The summed E-state index contributed by atoms with van der Waals surface area (Å²) in [6.45, 7) is 4.34. The second-order valence-corrected chi connectivity index (χ2v) is 17.5. The summed E-state index contributed by atoms with van der Waals surface area (Å²) in [5, 5.41) is 0. The first kappa shape index (κ1) is 54.0. The van der Waals surface area contributed by atoms with Crippen molar-refractivity contribution in [3.8, 4) is 0 Å². The predicted molar refractivity (Wildman–Crippen MR) is 233 cm³/mol. The van der Waals surface area contributed by atoms with Gasteiger partial charge in [0.15, 0.2) is 6.10 Å². The number of hydrogen-bond acceptors (Lipinski definition) is 7. The molecule has 1 N–H and O–H groups in total. The van der Waals surface area contributed by atoms with Crippen molar-refractivity contribution in [2.24, 2.45) is 0 Å². The fourth-order valence-electron chi connectivity index (χ4n) is 5.79. The zero-order valence-electron chi connectivity index (χ0n) is 36.6. The number of unbranched alkanes of at least 4 members (excludes halogenated alkanes) is 18. The highest BCUT2D eigenvalue weighted by Gasteiger charge is 2.27. The minimum Gasteiger partial charge on any atom is -0.462 e. The molecule has 0 saturated carbocycles. The van der Waals surface area contributed by atoms with Crippen LogP contribution in [0.5, 0.6) is 0 Å². The van der Waals surface area contributed by atoms with Crippen molar-refractivity contribution < 1.29 is 42.1 Å². The molecule has 0 fully saturated rings. The number of hydrogen-bond donors (Lipinski definition) is 1. The Balaban J connectivity index is 4.46. The minimum absolute atomic E-state index is 0.0202. The van der Waals surface area contributed by atoms with Crippen molar-refractivity contribution in [2.45, 2.75) is 187 Å². The van der Waals surface area contributed by atoms with Gasteiger partial charge in [-0.3, -0.25) is 18.6 Å². The van der Waals surface area contributed by atoms with Gasteiger partial charge in [0.25, 0.3) is 0 Å². The molecule has 0 spiro atoms. The fourth-order valence-corrected chi connectivity index (χ4v) is 6.53. The van der Waals surface area contributed by atoms with E-state index in [9.17, 15) is 19.0 Å². The van der Waals surface area contributed by atoms with E-state index >= 15 is 0 Å². The standard InChI is InChI=1S/C46H84NO8P/c1-6-8-10-12-14-16-18-20-22-23-25-27-29-31-33-35-37-39-46(49)55-44(43-54-56(50,51)53-41-40-47(3,4)5)42-52-45(48)38-36-34-32-30-28-26-24-21-19-17-15-13-11-9-7-2/h20-22,24-25,27,31,33,44H,6-19,23,26,28-30,32,34-43H2,1-5H3/p+1/b22-20+,24-21+,27-25+,33-31+/t44-/m1/s1. The van der Waals surface area contributed by atoms with Crippen molar-refractivity contribution in [3.05, 3.63) is 48.6 Å². The van der Waals surface area contributed by atoms with Crippen LogP contribution in [0, 0.1) is 0 Å². The summed E-state index contributed by atoms with van der Waals surface area (Å²) in [6, 6.07) is 0. The molecule has 10 heteroatoms. The van der Waals surface area contributed by atoms with Crippen LogP contribution < -0.4 is 0 Å². The molecule has 0 rings (SSSR count). The van der Waals surface area contributed by atoms with Gasteiger partial charge in [-0.2, -0.15) is 0 Å². The average Bonchev–Trinajstić information content (AvgIpc) is 3.15. The second-order valence-electron chi connectivity index (χ2n) is 16.1. The third kappa shape index (κ3) is 41.6. The smallest absolute Gasteiger partial charge is 0.462 e. The van der Waals surface area contributed by atoms with Crippen molar-refractivity contribution >= 4 is 19.8 Å². The predicted octanol–water partition coefficient (Wildman–Crippen LogP) is 12.7. The summed E-state index contributed by atoms with van der Waals surface area (Å²) in [5.74, 6) is -0.870. The Morgan fingerprint density at radius 2 is 0.982 bits per heavy atom. The van der Waals surface area contributed by atoms with E-state index in [0.717, 1.165) is 64.2 Å². The lowest BCUT2D eigenvalue weighted by Gasteiger charge is -2.24. The van der Waals surface area contributed by atoms with Gasteiger partial charge in [-0.25, -0.2) is 4.57 Å². The van der Waals surface area contributed by atoms with E-state index in [0.29, 0.717) is 17.4 Å². The number of rotatable bonds is 40. The summed E-state index contributed by atoms with van der Waals surface area (Å²) in [4.78, 5) is 35.3. The molecule has 2 atom stereocenters. The van der Waals surface area contributed by atoms with E-state index in [-0.39, 0.29) is 26.1 Å². The van der Waals surface area contributed by atoms with Crippen LogP contribution in [0.2, 0.25) is 0 Å². The van der Waals surface area contributed by atoms with Gasteiger partial charge in [-0.15, -0.1) is 0 Å². The topological polar surface area (TPSA) is 108 Å². The van der Waals surface area contributed by atoms with Crippen LogP contribution in [0.1, 0.15) is 181 Å². The molecule has 0 aromatic carbocycles. The lowest BCUT2D eigenvalue weighted by molar-refractivity contribution is -0.870. The highest BCUT2D eigenvalue weighted by atomic mass is 31.2. The lowest BCUT2D eigenvalue weighted by Crippen LogP contribution is -2.37. The summed E-state index contributed by atoms with van der Waals surface area (Å²) >= 11 is 0. The number of allylic oxidation sites excluding steroid dienone is 8. The number of likely N-dealkylation sites (N-methyl/N-ethyl adjacent to an activating group) is 1. The zero-order chi connectivity index (χ0) is 41.4. The number of esters is 2. The van der Waals surface area contributed by atoms with Gasteiger partial charge in [0, 0.05) is 12.8 Å². The number of ether oxygens (including phenoxy) is 2. The Bertz CT molecular complexity index is 1100. The highest BCUT2D eigenvalue weighted by Crippen LogP contribution is 2.43. The second kappa shape index (κ2) is 38.5. The number of carbonyl (C=O) groups excluding carboxylic acids is 2. The first-order valence-corrected chi connectivity index (χ1v) is 23.9. The van der Waals surface area contributed by atoms with Crippen LogP contribution in [0.15, 0.2) is 48.6 Å². The van der Waals surface area contributed by atoms with Crippen molar-refractivity contribution in [3.63, 3.8) is 0 Å². The van der Waals surface area contributed by atoms with Crippen LogP contribution in [0.3, 0.4) is 0 Å². The van der Waals surface area contributed by atoms with Gasteiger partial charge in [0.1, 0.15) is 19.8 Å². The Kier molecular flexibility index (Phi) is 37.1. The van der Waals surface area contributed by atoms with Crippen molar-refractivity contribution in [1.29, 1.82) is 0 Å². The minimum atomic E-state index is -4.39. The molecule has 0 radical (unpaired) electrons. The van der Waals surface area contributed by atoms with E-state index in [1.54, 1.807) is 0 Å².